The molecule has 5 atom stereocenters. The number of carbonyl (C=O) groups is 1. The number of carbonyl (C=O) groups excluding carboxylic acids is 1. The highest BCUT2D eigenvalue weighted by Gasteiger charge is 2.58. The van der Waals surface area contributed by atoms with E-state index in [9.17, 15) is 4.79 Å². The minimum atomic E-state index is -0.140. The highest BCUT2D eigenvalue weighted by Crippen LogP contribution is 2.62. The van der Waals surface area contributed by atoms with Gasteiger partial charge in [-0.1, -0.05) is 62.4 Å². The van der Waals surface area contributed by atoms with E-state index in [1.807, 2.05) is 31.5 Å². The highest BCUT2D eigenvalue weighted by atomic mass is 16.7. The lowest BCUT2D eigenvalue weighted by Crippen LogP contribution is -2.44. The molecule has 6 rings (SSSR count). The normalized spacial score (nSPS) is 23.2. The number of aryl methyl sites for hydroxylation is 3. The van der Waals surface area contributed by atoms with Crippen LogP contribution < -0.4 is 4.74 Å². The fourth-order valence-electron chi connectivity index (χ4n) is 8.75. The number of rotatable bonds is 15. The van der Waals surface area contributed by atoms with Crippen LogP contribution in [-0.2, 0) is 40.3 Å². The van der Waals surface area contributed by atoms with Gasteiger partial charge in [0.25, 0.3) is 0 Å². The summed E-state index contributed by atoms with van der Waals surface area (Å²) in [6.07, 6.45) is 11.6. The van der Waals surface area contributed by atoms with Crippen LogP contribution in [0.4, 0.5) is 0 Å². The van der Waals surface area contributed by atoms with Gasteiger partial charge in [0, 0.05) is 37.8 Å². The van der Waals surface area contributed by atoms with E-state index in [2.05, 4.69) is 79.7 Å². The average Bonchev–Trinajstić information content (AvgIpc) is 3.71. The first-order valence-electron chi connectivity index (χ1n) is 19.8. The minimum absolute atomic E-state index is 0.0370. The molecule has 0 bridgehead atoms. The van der Waals surface area contributed by atoms with Crippen LogP contribution in [0.25, 0.3) is 0 Å². The predicted octanol–water partition coefficient (Wildman–Crippen LogP) is 7.95. The Morgan fingerprint density at radius 1 is 1.00 bits per heavy atom. The zero-order valence-corrected chi connectivity index (χ0v) is 32.6. The second kappa shape index (κ2) is 21.0. The molecule has 9 heteroatoms. The lowest BCUT2D eigenvalue weighted by molar-refractivity contribution is -0.129. The SMILES string of the molecule is CC(C)CCc1cn(CCCC2CC(=O)C3(C)CCC4c5ccc(OCc6ccccc6)cc5CCC4C23)nn1.CCOC(C)OCC.OCCO. The molecule has 5 unspecified atom stereocenters. The van der Waals surface area contributed by atoms with Crippen LogP contribution in [0.2, 0.25) is 0 Å². The number of hydrogen-bond donors (Lipinski definition) is 2. The molecule has 288 valence electrons. The molecule has 2 fully saturated rings. The van der Waals surface area contributed by atoms with Gasteiger partial charge in [0.15, 0.2) is 6.29 Å². The van der Waals surface area contributed by atoms with Gasteiger partial charge >= 0.3 is 0 Å². The van der Waals surface area contributed by atoms with E-state index in [1.165, 1.54) is 23.1 Å². The number of aromatic nitrogens is 3. The molecule has 1 aromatic heterocycles. The van der Waals surface area contributed by atoms with E-state index in [0.29, 0.717) is 42.0 Å². The van der Waals surface area contributed by atoms with Crippen molar-refractivity contribution in [3.8, 4) is 5.75 Å². The maximum atomic E-state index is 13.4. The van der Waals surface area contributed by atoms with Gasteiger partial charge in [-0.3, -0.25) is 9.48 Å². The molecule has 0 radical (unpaired) electrons. The Morgan fingerprint density at radius 3 is 2.40 bits per heavy atom. The van der Waals surface area contributed by atoms with Crippen LogP contribution in [0.15, 0.2) is 54.7 Å². The number of benzene rings is 2. The molecule has 2 N–H and O–H groups in total. The topological polar surface area (TPSA) is 116 Å². The Morgan fingerprint density at radius 2 is 1.73 bits per heavy atom. The van der Waals surface area contributed by atoms with Crippen molar-refractivity contribution >= 4 is 5.78 Å². The van der Waals surface area contributed by atoms with Crippen LogP contribution in [0.3, 0.4) is 0 Å². The third-order valence-electron chi connectivity index (χ3n) is 11.2. The molecular formula is C43H65N3O6. The quantitative estimate of drug-likeness (QED) is 0.152. The zero-order chi connectivity index (χ0) is 37.5. The van der Waals surface area contributed by atoms with Crippen molar-refractivity contribution in [3.05, 3.63) is 77.1 Å². The number of aliphatic hydroxyl groups is 2. The Balaban J connectivity index is 0.000000437. The summed E-state index contributed by atoms with van der Waals surface area (Å²) in [7, 11) is 0. The summed E-state index contributed by atoms with van der Waals surface area (Å²) in [6.45, 7) is 15.3. The highest BCUT2D eigenvalue weighted by molar-refractivity contribution is 5.87. The molecule has 2 aromatic carbocycles. The largest absolute Gasteiger partial charge is 0.489 e. The molecule has 0 saturated heterocycles. The number of Topliss-reactive ketones (excluding diaryl/α,β-unsaturated/α-hetero) is 1. The van der Waals surface area contributed by atoms with E-state index in [0.717, 1.165) is 82.6 Å². The van der Waals surface area contributed by atoms with Gasteiger partial charge in [-0.2, -0.15) is 0 Å². The fourth-order valence-corrected chi connectivity index (χ4v) is 8.75. The molecule has 0 aliphatic heterocycles. The third-order valence-corrected chi connectivity index (χ3v) is 11.2. The second-order valence-corrected chi connectivity index (χ2v) is 15.3. The molecule has 0 amide bonds. The van der Waals surface area contributed by atoms with Gasteiger partial charge in [0.1, 0.15) is 18.1 Å². The van der Waals surface area contributed by atoms with Crippen LogP contribution >= 0.6 is 0 Å². The maximum absolute atomic E-state index is 13.4. The Bertz CT molecular complexity index is 1470. The standard InChI is InChI=1S/C35H45N3O2.C6H14O2.C2H6O2/c1-24(2)11-13-28-22-38(37-36-28)19-7-10-27-21-33(39)35(3)18-17-31-30-16-14-29(40-23-25-8-5-4-6-9-25)20-26(30)12-15-32(31)34(27)35;1-4-7-6(3)8-5-2;3-1-2-4/h4-6,8-9,14,16,20,22,24,27,31-32,34H,7,10-13,15,17-19,21,23H2,1-3H3;6H,4-5H2,1-3H3;3-4H,1-2H2. The van der Waals surface area contributed by atoms with E-state index in [1.54, 1.807) is 0 Å². The van der Waals surface area contributed by atoms with Crippen molar-refractivity contribution in [2.75, 3.05) is 26.4 Å². The number of ether oxygens (including phenoxy) is 3. The molecule has 3 aliphatic rings. The summed E-state index contributed by atoms with van der Waals surface area (Å²) in [5, 5.41) is 24.0. The monoisotopic (exact) mass is 719 g/mol. The number of nitrogens with zero attached hydrogens (tertiary/aromatic N) is 3. The van der Waals surface area contributed by atoms with E-state index >= 15 is 0 Å². The smallest absolute Gasteiger partial charge is 0.154 e. The Hall–Kier alpha value is -3.11. The van der Waals surface area contributed by atoms with Crippen molar-refractivity contribution in [2.24, 2.45) is 29.1 Å². The third kappa shape index (κ3) is 11.4. The van der Waals surface area contributed by atoms with Crippen molar-refractivity contribution in [1.29, 1.82) is 0 Å². The first-order valence-corrected chi connectivity index (χ1v) is 19.8. The van der Waals surface area contributed by atoms with Gasteiger partial charge in [-0.25, -0.2) is 0 Å². The average molecular weight is 720 g/mol. The van der Waals surface area contributed by atoms with Gasteiger partial charge in [0.05, 0.1) is 18.9 Å². The number of hydrogen-bond acceptors (Lipinski definition) is 8. The Kier molecular flexibility index (Phi) is 16.8. The van der Waals surface area contributed by atoms with Crippen LogP contribution in [-0.4, -0.2) is 63.7 Å². The Labute approximate surface area is 312 Å². The maximum Gasteiger partial charge on any atom is 0.154 e. The van der Waals surface area contributed by atoms with Gasteiger partial charge in [-0.15, -0.1) is 5.10 Å². The summed E-state index contributed by atoms with van der Waals surface area (Å²) in [5.41, 5.74) is 5.12. The zero-order valence-electron chi connectivity index (χ0n) is 32.6. The summed E-state index contributed by atoms with van der Waals surface area (Å²) in [5.74, 6) is 4.33. The van der Waals surface area contributed by atoms with Crippen molar-refractivity contribution < 1.29 is 29.2 Å². The van der Waals surface area contributed by atoms with Crippen LogP contribution in [0.1, 0.15) is 115 Å². The molecule has 9 nitrogen and oxygen atoms in total. The van der Waals surface area contributed by atoms with E-state index in [4.69, 9.17) is 24.4 Å². The number of fused-ring (bicyclic) bond motifs is 5. The fraction of sp³-hybridized carbons (Fsp3) is 0.651. The second-order valence-electron chi connectivity index (χ2n) is 15.3. The summed E-state index contributed by atoms with van der Waals surface area (Å²) in [6, 6.07) is 17.2. The van der Waals surface area contributed by atoms with Crippen LogP contribution in [0.5, 0.6) is 5.75 Å². The van der Waals surface area contributed by atoms with Gasteiger partial charge in [-0.05, 0) is 131 Å². The lowest BCUT2D eigenvalue weighted by atomic mass is 9.54. The van der Waals surface area contributed by atoms with Crippen molar-refractivity contribution in [2.45, 2.75) is 125 Å². The van der Waals surface area contributed by atoms with Crippen molar-refractivity contribution in [3.63, 3.8) is 0 Å². The molecule has 3 aliphatic carbocycles. The molecule has 52 heavy (non-hydrogen) atoms. The summed E-state index contributed by atoms with van der Waals surface area (Å²) < 4.78 is 18.3. The molecular weight excluding hydrogens is 654 g/mol. The summed E-state index contributed by atoms with van der Waals surface area (Å²) >= 11 is 0. The van der Waals surface area contributed by atoms with Gasteiger partial charge in [0.2, 0.25) is 0 Å². The first kappa shape index (κ1) is 41.6. The molecule has 1 heterocycles. The van der Waals surface area contributed by atoms with Gasteiger partial charge < -0.3 is 24.4 Å². The molecule has 0 spiro atoms. The number of aliphatic hydroxyl groups excluding tert-OH is 2. The van der Waals surface area contributed by atoms with E-state index in [-0.39, 0.29) is 24.9 Å². The summed E-state index contributed by atoms with van der Waals surface area (Å²) in [4.78, 5) is 13.4. The lowest BCUT2D eigenvalue weighted by Gasteiger charge is -2.50. The van der Waals surface area contributed by atoms with Crippen molar-refractivity contribution in [1.82, 2.24) is 15.0 Å². The molecule has 3 aromatic rings. The predicted molar refractivity (Wildman–Crippen MR) is 205 cm³/mol. The molecule has 2 saturated carbocycles. The van der Waals surface area contributed by atoms with E-state index < -0.39 is 0 Å². The number of ketones is 1. The van der Waals surface area contributed by atoms with Crippen LogP contribution in [0, 0.1) is 29.1 Å². The minimum Gasteiger partial charge on any atom is -0.489 e. The first-order chi connectivity index (χ1) is 25.1.